The maximum absolute atomic E-state index is 4.82. The summed E-state index contributed by atoms with van der Waals surface area (Å²) in [7, 11) is 0. The lowest BCUT2D eigenvalue weighted by atomic mass is 9.91. The molecule has 1 aromatic heterocycles. The zero-order valence-corrected chi connectivity index (χ0v) is 14.8. The normalized spacial score (nSPS) is 13.1. The van der Waals surface area contributed by atoms with Gasteiger partial charge >= 0.3 is 0 Å². The fourth-order valence-corrected chi connectivity index (χ4v) is 3.53. The Bertz CT molecular complexity index is 343. The van der Waals surface area contributed by atoms with Crippen LogP contribution in [0, 0.1) is 5.92 Å². The smallest absolute Gasteiger partial charge is 0.0953 e. The standard InChI is InChI=1S/C18H33NS/c1-5-7-9-10-12-16(11-8-6-2)13-17-14-20-18(19-17)15(3)4/h14-16H,5-13H2,1-4H3. The molecule has 1 atom stereocenters. The van der Waals surface area contributed by atoms with Crippen LogP contribution in [0.2, 0.25) is 0 Å². The van der Waals surface area contributed by atoms with Crippen molar-refractivity contribution in [2.24, 2.45) is 5.92 Å². The molecule has 116 valence electrons. The molecule has 0 saturated heterocycles. The van der Waals surface area contributed by atoms with Gasteiger partial charge in [-0.2, -0.15) is 0 Å². The van der Waals surface area contributed by atoms with E-state index < -0.39 is 0 Å². The van der Waals surface area contributed by atoms with Crippen molar-refractivity contribution >= 4 is 11.3 Å². The first kappa shape index (κ1) is 17.7. The van der Waals surface area contributed by atoms with E-state index in [4.69, 9.17) is 4.98 Å². The van der Waals surface area contributed by atoms with Crippen LogP contribution in [0.15, 0.2) is 5.38 Å². The van der Waals surface area contributed by atoms with E-state index in [2.05, 4.69) is 33.1 Å². The zero-order chi connectivity index (χ0) is 14.8. The van der Waals surface area contributed by atoms with Crippen LogP contribution in [-0.4, -0.2) is 4.98 Å². The first-order valence-corrected chi connectivity index (χ1v) is 9.49. The quantitative estimate of drug-likeness (QED) is 0.420. The van der Waals surface area contributed by atoms with Crippen LogP contribution in [0.4, 0.5) is 0 Å². The number of rotatable bonds is 11. The minimum atomic E-state index is 0.576. The van der Waals surface area contributed by atoms with Gasteiger partial charge in [-0.3, -0.25) is 0 Å². The van der Waals surface area contributed by atoms with Crippen LogP contribution in [0.1, 0.15) is 95.7 Å². The third kappa shape index (κ3) is 6.88. The molecule has 0 radical (unpaired) electrons. The monoisotopic (exact) mass is 295 g/mol. The average Bonchev–Trinajstić information content (AvgIpc) is 2.89. The van der Waals surface area contributed by atoms with Crippen molar-refractivity contribution < 1.29 is 0 Å². The van der Waals surface area contributed by atoms with Crippen molar-refractivity contribution in [2.45, 2.75) is 91.4 Å². The fraction of sp³-hybridized carbons (Fsp3) is 0.833. The molecule has 0 aliphatic heterocycles. The minimum absolute atomic E-state index is 0.576. The summed E-state index contributed by atoms with van der Waals surface area (Å²) < 4.78 is 0. The van der Waals surface area contributed by atoms with E-state index in [0.29, 0.717) is 5.92 Å². The first-order chi connectivity index (χ1) is 9.67. The highest BCUT2D eigenvalue weighted by Gasteiger charge is 2.13. The summed E-state index contributed by atoms with van der Waals surface area (Å²) >= 11 is 1.84. The molecule has 0 spiro atoms. The molecule has 1 heterocycles. The van der Waals surface area contributed by atoms with E-state index in [9.17, 15) is 0 Å². The molecule has 0 aromatic carbocycles. The van der Waals surface area contributed by atoms with Gasteiger partial charge in [-0.1, -0.05) is 79.1 Å². The molecule has 1 aromatic rings. The second-order valence-electron chi connectivity index (χ2n) is 6.39. The molecule has 0 saturated carbocycles. The summed E-state index contributed by atoms with van der Waals surface area (Å²) in [5.41, 5.74) is 1.34. The van der Waals surface area contributed by atoms with Gasteiger partial charge in [-0.25, -0.2) is 4.98 Å². The van der Waals surface area contributed by atoms with Gasteiger partial charge in [0.25, 0.3) is 0 Å². The largest absolute Gasteiger partial charge is 0.246 e. The number of hydrogen-bond acceptors (Lipinski definition) is 2. The van der Waals surface area contributed by atoms with Crippen molar-refractivity contribution in [3.05, 3.63) is 16.1 Å². The molecular formula is C18H33NS. The lowest BCUT2D eigenvalue weighted by Crippen LogP contribution is -2.06. The van der Waals surface area contributed by atoms with Gasteiger partial charge in [0.1, 0.15) is 0 Å². The fourth-order valence-electron chi connectivity index (χ4n) is 2.68. The van der Waals surface area contributed by atoms with E-state index in [1.165, 1.54) is 68.5 Å². The predicted octanol–water partition coefficient (Wildman–Crippen LogP) is 6.59. The lowest BCUT2D eigenvalue weighted by Gasteiger charge is -2.15. The topological polar surface area (TPSA) is 12.9 Å². The molecule has 0 amide bonds. The number of thiazole rings is 1. The Morgan fingerprint density at radius 2 is 1.70 bits per heavy atom. The van der Waals surface area contributed by atoms with E-state index in [1.807, 2.05) is 11.3 Å². The second-order valence-corrected chi connectivity index (χ2v) is 7.28. The highest BCUT2D eigenvalue weighted by atomic mass is 32.1. The van der Waals surface area contributed by atoms with Crippen LogP contribution < -0.4 is 0 Å². The predicted molar refractivity (Wildman–Crippen MR) is 91.7 cm³/mol. The van der Waals surface area contributed by atoms with E-state index >= 15 is 0 Å². The summed E-state index contributed by atoms with van der Waals surface area (Å²) in [5.74, 6) is 1.43. The van der Waals surface area contributed by atoms with Crippen molar-refractivity contribution in [3.63, 3.8) is 0 Å². The SMILES string of the molecule is CCCCCCC(CCCC)Cc1csc(C(C)C)n1. The molecule has 1 rings (SSSR count). The molecule has 0 bridgehead atoms. The van der Waals surface area contributed by atoms with Crippen molar-refractivity contribution in [2.75, 3.05) is 0 Å². The van der Waals surface area contributed by atoms with Crippen LogP contribution in [0.3, 0.4) is 0 Å². The zero-order valence-electron chi connectivity index (χ0n) is 14.0. The molecule has 20 heavy (non-hydrogen) atoms. The highest BCUT2D eigenvalue weighted by molar-refractivity contribution is 7.09. The number of nitrogens with zero attached hydrogens (tertiary/aromatic N) is 1. The molecular weight excluding hydrogens is 262 g/mol. The maximum Gasteiger partial charge on any atom is 0.0953 e. The summed E-state index contributed by atoms with van der Waals surface area (Å²) in [4.78, 5) is 4.82. The average molecular weight is 296 g/mol. The summed E-state index contributed by atoms with van der Waals surface area (Å²) in [5, 5.41) is 3.60. The Hall–Kier alpha value is -0.370. The Morgan fingerprint density at radius 3 is 2.30 bits per heavy atom. The molecule has 0 aliphatic rings. The minimum Gasteiger partial charge on any atom is -0.246 e. The maximum atomic E-state index is 4.82. The third-order valence-corrected chi connectivity index (χ3v) is 5.19. The van der Waals surface area contributed by atoms with Crippen LogP contribution in [-0.2, 0) is 6.42 Å². The van der Waals surface area contributed by atoms with Crippen LogP contribution in [0.25, 0.3) is 0 Å². The van der Waals surface area contributed by atoms with Crippen molar-refractivity contribution in [1.82, 2.24) is 4.98 Å². The van der Waals surface area contributed by atoms with Gasteiger partial charge in [0.15, 0.2) is 0 Å². The highest BCUT2D eigenvalue weighted by Crippen LogP contribution is 2.25. The number of hydrogen-bond donors (Lipinski definition) is 0. The van der Waals surface area contributed by atoms with Gasteiger partial charge < -0.3 is 0 Å². The van der Waals surface area contributed by atoms with Crippen LogP contribution >= 0.6 is 11.3 Å². The summed E-state index contributed by atoms with van der Waals surface area (Å²) in [6, 6.07) is 0. The van der Waals surface area contributed by atoms with Gasteiger partial charge in [-0.15, -0.1) is 11.3 Å². The Kier molecular flexibility index (Phi) is 9.17. The van der Waals surface area contributed by atoms with E-state index in [0.717, 1.165) is 5.92 Å². The summed E-state index contributed by atoms with van der Waals surface area (Å²) in [6.07, 6.45) is 12.2. The van der Waals surface area contributed by atoms with Gasteiger partial charge in [0.05, 0.1) is 10.7 Å². The number of aromatic nitrogens is 1. The Balaban J connectivity index is 2.44. The van der Waals surface area contributed by atoms with Crippen LogP contribution in [0.5, 0.6) is 0 Å². The number of unbranched alkanes of at least 4 members (excludes halogenated alkanes) is 4. The lowest BCUT2D eigenvalue weighted by molar-refractivity contribution is 0.407. The first-order valence-electron chi connectivity index (χ1n) is 8.61. The molecule has 0 N–H and O–H groups in total. The molecule has 0 aliphatic carbocycles. The third-order valence-electron chi connectivity index (χ3n) is 3.99. The van der Waals surface area contributed by atoms with Crippen molar-refractivity contribution in [1.29, 1.82) is 0 Å². The van der Waals surface area contributed by atoms with Crippen molar-refractivity contribution in [3.8, 4) is 0 Å². The van der Waals surface area contributed by atoms with E-state index in [1.54, 1.807) is 0 Å². The van der Waals surface area contributed by atoms with E-state index in [-0.39, 0.29) is 0 Å². The van der Waals surface area contributed by atoms with Gasteiger partial charge in [0, 0.05) is 11.3 Å². The second kappa shape index (κ2) is 10.4. The molecule has 2 heteroatoms. The Labute approximate surface area is 130 Å². The Morgan fingerprint density at radius 1 is 1.00 bits per heavy atom. The molecule has 0 fully saturated rings. The molecule has 1 nitrogen and oxygen atoms in total. The molecule has 1 unspecified atom stereocenters. The summed E-state index contributed by atoms with van der Waals surface area (Å²) in [6.45, 7) is 9.06. The van der Waals surface area contributed by atoms with Gasteiger partial charge in [0.2, 0.25) is 0 Å². The van der Waals surface area contributed by atoms with Gasteiger partial charge in [-0.05, 0) is 12.3 Å².